The molecular formula is C26H33ClN2O3. The Labute approximate surface area is 195 Å². The van der Waals surface area contributed by atoms with Gasteiger partial charge >= 0.3 is 5.97 Å². The number of hydrogen-bond acceptors (Lipinski definition) is 4. The summed E-state index contributed by atoms with van der Waals surface area (Å²) >= 11 is 6.40. The van der Waals surface area contributed by atoms with Gasteiger partial charge in [0.1, 0.15) is 17.9 Å². The maximum absolute atomic E-state index is 11.2. The molecule has 0 radical (unpaired) electrons. The Balaban J connectivity index is 1.39. The van der Waals surface area contributed by atoms with Crippen molar-refractivity contribution < 1.29 is 14.6 Å². The number of carboxylic acid groups (broad SMARTS) is 1. The van der Waals surface area contributed by atoms with E-state index in [1.54, 1.807) is 0 Å². The Kier molecular flexibility index (Phi) is 7.08. The molecule has 0 bridgehead atoms. The van der Waals surface area contributed by atoms with Crippen LogP contribution >= 0.6 is 11.6 Å². The Bertz CT molecular complexity index is 926. The van der Waals surface area contributed by atoms with Gasteiger partial charge in [-0.15, -0.1) is 0 Å². The Hall–Kier alpha value is -2.08. The van der Waals surface area contributed by atoms with Gasteiger partial charge in [-0.3, -0.25) is 9.69 Å². The first-order valence-electron chi connectivity index (χ1n) is 11.5. The van der Waals surface area contributed by atoms with E-state index in [4.69, 9.17) is 21.4 Å². The van der Waals surface area contributed by atoms with Crippen LogP contribution in [0.5, 0.6) is 5.75 Å². The van der Waals surface area contributed by atoms with E-state index in [1.807, 2.05) is 12.1 Å². The third-order valence-electron chi connectivity index (χ3n) is 7.25. The predicted molar refractivity (Wildman–Crippen MR) is 127 cm³/mol. The van der Waals surface area contributed by atoms with Gasteiger partial charge in [0.25, 0.3) is 0 Å². The van der Waals surface area contributed by atoms with Crippen molar-refractivity contribution in [2.75, 3.05) is 20.6 Å². The monoisotopic (exact) mass is 456 g/mol. The van der Waals surface area contributed by atoms with Crippen LogP contribution in [0.15, 0.2) is 48.5 Å². The van der Waals surface area contributed by atoms with Crippen molar-refractivity contribution in [2.45, 2.75) is 56.2 Å². The number of benzene rings is 2. The minimum Gasteiger partial charge on any atom is -0.489 e. The number of nitrogens with one attached hydrogen (secondary N) is 1. The van der Waals surface area contributed by atoms with Crippen LogP contribution in [-0.4, -0.2) is 48.8 Å². The number of carbonyl (C=O) groups is 1. The molecule has 2 aromatic carbocycles. The molecule has 1 aliphatic heterocycles. The molecule has 1 saturated heterocycles. The molecule has 1 saturated carbocycles. The van der Waals surface area contributed by atoms with E-state index in [2.05, 4.69) is 60.7 Å². The highest BCUT2D eigenvalue weighted by atomic mass is 35.5. The fourth-order valence-corrected chi connectivity index (χ4v) is 5.66. The molecule has 0 spiro atoms. The largest absolute Gasteiger partial charge is 0.489 e. The summed E-state index contributed by atoms with van der Waals surface area (Å²) in [5.41, 5.74) is 2.71. The highest BCUT2D eigenvalue weighted by Gasteiger charge is 2.38. The third kappa shape index (κ3) is 5.11. The number of ether oxygens (including phenoxy) is 1. The van der Waals surface area contributed by atoms with Crippen LogP contribution in [0.4, 0.5) is 0 Å². The van der Waals surface area contributed by atoms with Crippen LogP contribution in [-0.2, 0) is 16.8 Å². The lowest BCUT2D eigenvalue weighted by Crippen LogP contribution is -2.44. The minimum absolute atomic E-state index is 0.108. The van der Waals surface area contributed by atoms with Crippen molar-refractivity contribution in [2.24, 2.45) is 5.92 Å². The summed E-state index contributed by atoms with van der Waals surface area (Å²) in [6, 6.07) is 16.3. The first-order valence-corrected chi connectivity index (χ1v) is 11.9. The maximum atomic E-state index is 11.2. The number of hydrogen-bond donors (Lipinski definition) is 2. The van der Waals surface area contributed by atoms with Gasteiger partial charge in [0.2, 0.25) is 0 Å². The summed E-state index contributed by atoms with van der Waals surface area (Å²) in [4.78, 5) is 13.6. The predicted octanol–water partition coefficient (Wildman–Crippen LogP) is 4.72. The first kappa shape index (κ1) is 23.1. The lowest BCUT2D eigenvalue weighted by Gasteiger charge is -2.45. The van der Waals surface area contributed by atoms with E-state index < -0.39 is 12.0 Å². The second-order valence-corrected chi connectivity index (χ2v) is 9.95. The number of halogens is 1. The topological polar surface area (TPSA) is 61.8 Å². The molecule has 0 aromatic heterocycles. The quantitative estimate of drug-likeness (QED) is 0.631. The van der Waals surface area contributed by atoms with Crippen LogP contribution < -0.4 is 10.1 Å². The Morgan fingerprint density at radius 3 is 2.53 bits per heavy atom. The lowest BCUT2D eigenvalue weighted by atomic mass is 9.70. The molecule has 0 amide bonds. The number of rotatable bonds is 7. The standard InChI is InChI=1S/C26H33ClN2O3/c1-29(2)26(20-6-4-3-5-7-20)10-8-18(9-11-26)12-19-13-21(27)15-22(14-19)32-23-16-24(25(30)31)28-17-23/h3-7,13-15,18,23-24,28H,8-12,16-17H2,1-2H3,(H,30,31)/t18?,23-,24-,26?/m0/s1. The average molecular weight is 457 g/mol. The molecule has 2 fully saturated rings. The third-order valence-corrected chi connectivity index (χ3v) is 7.46. The van der Waals surface area contributed by atoms with E-state index >= 15 is 0 Å². The van der Waals surface area contributed by atoms with Crippen LogP contribution in [0.1, 0.15) is 43.2 Å². The maximum Gasteiger partial charge on any atom is 0.320 e. The zero-order valence-corrected chi connectivity index (χ0v) is 19.6. The zero-order chi connectivity index (χ0) is 22.7. The molecule has 2 N–H and O–H groups in total. The van der Waals surface area contributed by atoms with E-state index in [-0.39, 0.29) is 11.6 Å². The molecule has 2 aromatic rings. The molecule has 4 rings (SSSR count). The van der Waals surface area contributed by atoms with Gasteiger partial charge in [0.05, 0.1) is 0 Å². The summed E-state index contributed by atoms with van der Waals surface area (Å²) < 4.78 is 6.07. The summed E-state index contributed by atoms with van der Waals surface area (Å²) in [5.74, 6) is 0.514. The van der Waals surface area contributed by atoms with Crippen LogP contribution in [0.3, 0.4) is 0 Å². The summed E-state index contributed by atoms with van der Waals surface area (Å²) in [6.07, 6.45) is 5.92. The van der Waals surface area contributed by atoms with Crippen molar-refractivity contribution in [3.05, 3.63) is 64.7 Å². The Morgan fingerprint density at radius 1 is 1.19 bits per heavy atom. The summed E-state index contributed by atoms with van der Waals surface area (Å²) in [5, 5.41) is 12.8. The molecule has 2 aliphatic rings. The van der Waals surface area contributed by atoms with E-state index in [1.165, 1.54) is 24.0 Å². The minimum atomic E-state index is -0.829. The molecule has 1 heterocycles. The van der Waals surface area contributed by atoms with Gasteiger partial charge in [-0.05, 0) is 81.4 Å². The van der Waals surface area contributed by atoms with Crippen molar-refractivity contribution in [1.82, 2.24) is 10.2 Å². The molecule has 172 valence electrons. The zero-order valence-electron chi connectivity index (χ0n) is 18.9. The van der Waals surface area contributed by atoms with Gasteiger partial charge in [-0.25, -0.2) is 0 Å². The molecule has 0 unspecified atom stereocenters. The van der Waals surface area contributed by atoms with Crippen LogP contribution in [0.25, 0.3) is 0 Å². The summed E-state index contributed by atoms with van der Waals surface area (Å²) in [7, 11) is 4.39. The Morgan fingerprint density at radius 2 is 1.91 bits per heavy atom. The average Bonchev–Trinajstić information content (AvgIpc) is 3.23. The highest BCUT2D eigenvalue weighted by molar-refractivity contribution is 6.30. The fourth-order valence-electron chi connectivity index (χ4n) is 5.42. The van der Waals surface area contributed by atoms with Crippen molar-refractivity contribution in [3.63, 3.8) is 0 Å². The smallest absolute Gasteiger partial charge is 0.320 e. The second kappa shape index (κ2) is 9.82. The van der Waals surface area contributed by atoms with Crippen molar-refractivity contribution >= 4 is 17.6 Å². The lowest BCUT2D eigenvalue weighted by molar-refractivity contribution is -0.139. The van der Waals surface area contributed by atoms with Gasteiger partial charge in [0.15, 0.2) is 0 Å². The summed E-state index contributed by atoms with van der Waals surface area (Å²) in [6.45, 7) is 0.535. The SMILES string of the molecule is CN(C)C1(c2ccccc2)CCC(Cc2cc(Cl)cc(O[C@@H]3CN[C@H](C(=O)O)C3)c2)CC1. The van der Waals surface area contributed by atoms with Crippen molar-refractivity contribution in [3.8, 4) is 5.75 Å². The van der Waals surface area contributed by atoms with E-state index in [9.17, 15) is 4.79 Å². The van der Waals surface area contributed by atoms with Gasteiger partial charge < -0.3 is 15.2 Å². The number of nitrogens with zero attached hydrogens (tertiary/aromatic N) is 1. The molecule has 6 heteroatoms. The second-order valence-electron chi connectivity index (χ2n) is 9.51. The molecular weight excluding hydrogens is 424 g/mol. The van der Waals surface area contributed by atoms with E-state index in [0.29, 0.717) is 23.9 Å². The van der Waals surface area contributed by atoms with Gasteiger partial charge in [-0.1, -0.05) is 41.9 Å². The molecule has 32 heavy (non-hydrogen) atoms. The van der Waals surface area contributed by atoms with Gasteiger partial charge in [0, 0.05) is 23.5 Å². The normalized spacial score (nSPS) is 28.1. The van der Waals surface area contributed by atoms with Gasteiger partial charge in [-0.2, -0.15) is 0 Å². The number of aliphatic carboxylic acids is 1. The van der Waals surface area contributed by atoms with E-state index in [0.717, 1.165) is 25.0 Å². The fraction of sp³-hybridized carbons (Fsp3) is 0.500. The van der Waals surface area contributed by atoms with Crippen LogP contribution in [0.2, 0.25) is 5.02 Å². The highest BCUT2D eigenvalue weighted by Crippen LogP contribution is 2.44. The molecule has 5 nitrogen and oxygen atoms in total. The molecule has 2 atom stereocenters. The first-order chi connectivity index (χ1) is 15.4. The molecule has 1 aliphatic carbocycles. The van der Waals surface area contributed by atoms with Crippen LogP contribution in [0, 0.1) is 5.92 Å². The number of carboxylic acids is 1. The van der Waals surface area contributed by atoms with Crippen molar-refractivity contribution in [1.29, 1.82) is 0 Å².